The van der Waals surface area contributed by atoms with Gasteiger partial charge >= 0.3 is 6.18 Å². The van der Waals surface area contributed by atoms with Gasteiger partial charge in [-0.25, -0.2) is 4.98 Å². The van der Waals surface area contributed by atoms with Gasteiger partial charge in [0.05, 0.1) is 5.56 Å². The minimum Gasteiger partial charge on any atom is -0.362 e. The molecule has 0 fully saturated rings. The number of halogens is 3. The van der Waals surface area contributed by atoms with Crippen LogP contribution in [0.15, 0.2) is 65.1 Å². The highest BCUT2D eigenvalue weighted by atomic mass is 19.4. The molecule has 1 atom stereocenters. The van der Waals surface area contributed by atoms with Crippen LogP contribution in [-0.4, -0.2) is 16.7 Å². The zero-order valence-electron chi connectivity index (χ0n) is 17.6. The molecule has 1 aliphatic heterocycles. The van der Waals surface area contributed by atoms with Gasteiger partial charge in [-0.2, -0.15) is 13.2 Å². The van der Waals surface area contributed by atoms with E-state index in [9.17, 15) is 22.8 Å². The van der Waals surface area contributed by atoms with E-state index in [1.54, 1.807) is 19.1 Å². The van der Waals surface area contributed by atoms with Gasteiger partial charge in [0.15, 0.2) is 5.78 Å². The van der Waals surface area contributed by atoms with Crippen molar-refractivity contribution in [3.8, 4) is 0 Å². The highest BCUT2D eigenvalue weighted by Gasteiger charge is 2.43. The normalized spacial score (nSPS) is 18.9. The predicted molar refractivity (Wildman–Crippen MR) is 114 cm³/mol. The predicted octanol–water partition coefficient (Wildman–Crippen LogP) is 5.02. The lowest BCUT2D eigenvalue weighted by Crippen LogP contribution is -2.36. The molecule has 1 aliphatic carbocycles. The lowest BCUT2D eigenvalue weighted by atomic mass is 9.73. The Morgan fingerprint density at radius 3 is 2.62 bits per heavy atom. The van der Waals surface area contributed by atoms with Crippen LogP contribution in [0.3, 0.4) is 0 Å². The summed E-state index contributed by atoms with van der Waals surface area (Å²) >= 11 is 0. The van der Waals surface area contributed by atoms with E-state index in [1.165, 1.54) is 24.4 Å². The van der Waals surface area contributed by atoms with E-state index in [4.69, 9.17) is 0 Å². The number of nitrogens with zero attached hydrogens (tertiary/aromatic N) is 1. The molecule has 0 unspecified atom stereocenters. The molecule has 2 aliphatic rings. The van der Waals surface area contributed by atoms with Gasteiger partial charge < -0.3 is 10.6 Å². The summed E-state index contributed by atoms with van der Waals surface area (Å²) in [6, 6.07) is 8.56. The van der Waals surface area contributed by atoms with Crippen molar-refractivity contribution in [2.75, 3.05) is 5.32 Å². The average Bonchev–Trinajstić information content (AvgIpc) is 2.72. The quantitative estimate of drug-likeness (QED) is 0.702. The number of ketones is 1. The molecular weight excluding hydrogens is 419 g/mol. The summed E-state index contributed by atoms with van der Waals surface area (Å²) in [4.78, 5) is 30.4. The third-order valence-corrected chi connectivity index (χ3v) is 5.75. The number of nitrogens with one attached hydrogen (secondary N) is 2. The minimum atomic E-state index is -4.63. The van der Waals surface area contributed by atoms with E-state index in [0.717, 1.165) is 11.6 Å². The number of benzene rings is 1. The average molecular weight is 441 g/mol. The molecule has 2 aromatic rings. The standard InChI is InChI=1S/C24H22F3N3O2/c1-13-10-11-28-19(12-13)30-23(32)20-14(2)29-17-8-5-9-18(31)22(17)21(20)15-6-3-4-7-16(15)24(25,26)27/h3-4,6-7,10-12,21,29H,5,8-9H2,1-2H3,(H,28,30,32)/t21-/m0/s1. The van der Waals surface area contributed by atoms with Gasteiger partial charge in [0.2, 0.25) is 0 Å². The van der Waals surface area contributed by atoms with Crippen molar-refractivity contribution in [1.82, 2.24) is 10.3 Å². The number of anilines is 1. The highest BCUT2D eigenvalue weighted by Crippen LogP contribution is 2.46. The maximum Gasteiger partial charge on any atom is 0.416 e. The molecule has 32 heavy (non-hydrogen) atoms. The van der Waals surface area contributed by atoms with Crippen molar-refractivity contribution in [3.63, 3.8) is 0 Å². The Morgan fingerprint density at radius 2 is 1.91 bits per heavy atom. The molecule has 5 nitrogen and oxygen atoms in total. The number of hydrogen-bond acceptors (Lipinski definition) is 4. The Labute approximate surface area is 183 Å². The summed E-state index contributed by atoms with van der Waals surface area (Å²) in [6.07, 6.45) is -1.71. The Balaban J connectivity index is 1.87. The maximum atomic E-state index is 13.9. The number of carbonyl (C=O) groups is 2. The maximum absolute atomic E-state index is 13.9. The van der Waals surface area contributed by atoms with Crippen LogP contribution in [-0.2, 0) is 15.8 Å². The number of amides is 1. The van der Waals surface area contributed by atoms with Crippen molar-refractivity contribution >= 4 is 17.5 Å². The van der Waals surface area contributed by atoms with E-state index in [-0.39, 0.29) is 34.7 Å². The van der Waals surface area contributed by atoms with E-state index in [0.29, 0.717) is 24.2 Å². The van der Waals surface area contributed by atoms with Crippen molar-refractivity contribution in [1.29, 1.82) is 0 Å². The van der Waals surface area contributed by atoms with E-state index >= 15 is 0 Å². The molecule has 1 aromatic heterocycles. The molecule has 0 radical (unpaired) electrons. The van der Waals surface area contributed by atoms with Crippen molar-refractivity contribution in [2.24, 2.45) is 0 Å². The van der Waals surface area contributed by atoms with Crippen LogP contribution in [0.2, 0.25) is 0 Å². The Hall–Kier alpha value is -3.42. The fourth-order valence-electron chi connectivity index (χ4n) is 4.39. The van der Waals surface area contributed by atoms with Gasteiger partial charge in [0, 0.05) is 41.1 Å². The largest absolute Gasteiger partial charge is 0.416 e. The van der Waals surface area contributed by atoms with Crippen LogP contribution in [0, 0.1) is 6.92 Å². The summed E-state index contributed by atoms with van der Waals surface area (Å²) in [5.74, 6) is -1.68. The summed E-state index contributed by atoms with van der Waals surface area (Å²) in [5, 5.41) is 5.80. The first-order chi connectivity index (χ1) is 15.2. The van der Waals surface area contributed by atoms with Crippen LogP contribution in [0.25, 0.3) is 0 Å². The second-order valence-corrected chi connectivity index (χ2v) is 8.02. The lowest BCUT2D eigenvalue weighted by Gasteiger charge is -2.35. The fourth-order valence-corrected chi connectivity index (χ4v) is 4.39. The summed E-state index contributed by atoms with van der Waals surface area (Å²) in [7, 11) is 0. The SMILES string of the molecule is CC1=C(C(=O)Nc2cc(C)ccn2)[C@H](c2ccccc2C(F)(F)F)C2=C(CCCC2=O)N1. The van der Waals surface area contributed by atoms with Gasteiger partial charge in [-0.15, -0.1) is 0 Å². The Kier molecular flexibility index (Phi) is 5.62. The highest BCUT2D eigenvalue weighted by molar-refractivity contribution is 6.09. The first-order valence-corrected chi connectivity index (χ1v) is 10.3. The van der Waals surface area contributed by atoms with Crippen LogP contribution in [0.5, 0.6) is 0 Å². The molecule has 0 saturated heterocycles. The number of alkyl halides is 3. The van der Waals surface area contributed by atoms with E-state index < -0.39 is 23.6 Å². The Morgan fingerprint density at radius 1 is 1.16 bits per heavy atom. The second-order valence-electron chi connectivity index (χ2n) is 8.02. The number of aryl methyl sites for hydroxylation is 1. The number of carbonyl (C=O) groups excluding carboxylic acids is 2. The number of Topliss-reactive ketones (excluding diaryl/α,β-unsaturated/α-hetero) is 1. The summed E-state index contributed by atoms with van der Waals surface area (Å²) < 4.78 is 41.7. The van der Waals surface area contributed by atoms with Gasteiger partial charge in [-0.05, 0) is 56.0 Å². The first kappa shape index (κ1) is 21.8. The van der Waals surface area contributed by atoms with Crippen LogP contribution in [0.4, 0.5) is 19.0 Å². The molecule has 0 spiro atoms. The van der Waals surface area contributed by atoms with Gasteiger partial charge in [0.25, 0.3) is 5.91 Å². The summed E-state index contributed by atoms with van der Waals surface area (Å²) in [5.41, 5.74) is 1.24. The smallest absolute Gasteiger partial charge is 0.362 e. The first-order valence-electron chi connectivity index (χ1n) is 10.3. The molecule has 0 bridgehead atoms. The lowest BCUT2D eigenvalue weighted by molar-refractivity contribution is -0.138. The van der Waals surface area contributed by atoms with Crippen LogP contribution < -0.4 is 10.6 Å². The molecule has 0 saturated carbocycles. The molecule has 166 valence electrons. The minimum absolute atomic E-state index is 0.0824. The van der Waals surface area contributed by atoms with Gasteiger partial charge in [0.1, 0.15) is 5.82 Å². The summed E-state index contributed by atoms with van der Waals surface area (Å²) in [6.45, 7) is 3.48. The van der Waals surface area contributed by atoms with Gasteiger partial charge in [-0.3, -0.25) is 9.59 Å². The van der Waals surface area contributed by atoms with Crippen molar-refractivity contribution in [3.05, 3.63) is 81.8 Å². The van der Waals surface area contributed by atoms with Gasteiger partial charge in [-0.1, -0.05) is 18.2 Å². The zero-order chi connectivity index (χ0) is 23.0. The molecule has 1 amide bonds. The molecule has 2 heterocycles. The molecular formula is C24H22F3N3O2. The number of dihydropyridines is 1. The van der Waals surface area contributed by atoms with Crippen LogP contribution >= 0.6 is 0 Å². The number of allylic oxidation sites excluding steroid dienone is 3. The number of rotatable bonds is 3. The number of aromatic nitrogens is 1. The van der Waals surface area contributed by atoms with Crippen LogP contribution in [0.1, 0.15) is 48.8 Å². The zero-order valence-corrected chi connectivity index (χ0v) is 17.6. The molecule has 2 N–H and O–H groups in total. The number of pyridine rings is 1. The van der Waals surface area contributed by atoms with Crippen molar-refractivity contribution in [2.45, 2.75) is 45.2 Å². The van der Waals surface area contributed by atoms with Crippen molar-refractivity contribution < 1.29 is 22.8 Å². The third kappa shape index (κ3) is 4.04. The second kappa shape index (κ2) is 8.26. The number of hydrogen-bond donors (Lipinski definition) is 2. The Bertz CT molecular complexity index is 1170. The van der Waals surface area contributed by atoms with E-state index in [1.807, 2.05) is 6.92 Å². The van der Waals surface area contributed by atoms with E-state index in [2.05, 4.69) is 15.6 Å². The molecule has 4 rings (SSSR count). The molecule has 1 aromatic carbocycles. The fraction of sp³-hybridized carbons (Fsp3) is 0.292. The topological polar surface area (TPSA) is 71.1 Å². The molecule has 8 heteroatoms. The monoisotopic (exact) mass is 441 g/mol. The third-order valence-electron chi connectivity index (χ3n) is 5.75.